The maximum absolute atomic E-state index is 3.37. The van der Waals surface area contributed by atoms with E-state index in [9.17, 15) is 0 Å². The van der Waals surface area contributed by atoms with E-state index in [-0.39, 0.29) is 0 Å². The minimum Gasteiger partial charge on any atom is -0.257 e. The second kappa shape index (κ2) is 1.20. The minimum absolute atomic E-state index is 1.02. The van der Waals surface area contributed by atoms with Crippen LogP contribution in [-0.2, 0) is 0 Å². The monoisotopic (exact) mass is 99.1 g/mol. The Balaban J connectivity index is 2.12. The van der Waals surface area contributed by atoms with Gasteiger partial charge in [0.25, 0.3) is 0 Å². The molecule has 2 fully saturated rings. The first-order valence-electron chi connectivity index (χ1n) is 3.04. The van der Waals surface area contributed by atoms with Gasteiger partial charge in [0, 0.05) is 12.3 Å². The van der Waals surface area contributed by atoms with Gasteiger partial charge in [0.1, 0.15) is 0 Å². The topological polar surface area (TPSA) is 16.5 Å². The summed E-state index contributed by atoms with van der Waals surface area (Å²) in [5, 5.41) is 1.62. The molecule has 0 saturated carbocycles. The molecule has 0 spiro atoms. The smallest absolute Gasteiger partial charge is 0.0991 e. The highest BCUT2D eigenvalue weighted by Gasteiger charge is 2.32. The molecule has 2 unspecified atom stereocenters. The van der Waals surface area contributed by atoms with Gasteiger partial charge in [-0.15, -0.1) is 0 Å². The lowest BCUT2D eigenvalue weighted by Crippen LogP contribution is -3.15. The standard InChI is InChI=1S/C5H10N2/c1-2-7-4-5(1)3-6-7/h5-6H,1-4H2/p+1. The third kappa shape index (κ3) is 0.469. The molecule has 40 valence electrons. The Morgan fingerprint density at radius 3 is 2.71 bits per heavy atom. The fourth-order valence-electron chi connectivity index (χ4n) is 1.55. The Hall–Kier alpha value is -0.0800. The van der Waals surface area contributed by atoms with Crippen molar-refractivity contribution in [3.63, 3.8) is 0 Å². The van der Waals surface area contributed by atoms with Gasteiger partial charge in [0.2, 0.25) is 0 Å². The molecule has 2 N–H and O–H groups in total. The summed E-state index contributed by atoms with van der Waals surface area (Å²) < 4.78 is 0. The minimum atomic E-state index is 1.02. The first-order valence-corrected chi connectivity index (χ1v) is 3.04. The largest absolute Gasteiger partial charge is 0.257 e. The number of fused-ring (bicyclic) bond motifs is 2. The Bertz CT molecular complexity index is 64.1. The highest BCUT2D eigenvalue weighted by Crippen LogP contribution is 2.04. The van der Waals surface area contributed by atoms with Gasteiger partial charge in [-0.25, -0.2) is 0 Å². The van der Waals surface area contributed by atoms with Gasteiger partial charge in [-0.3, -0.25) is 5.01 Å². The van der Waals surface area contributed by atoms with Crippen molar-refractivity contribution in [2.75, 3.05) is 19.6 Å². The fourth-order valence-corrected chi connectivity index (χ4v) is 1.55. The second-order valence-corrected chi connectivity index (χ2v) is 2.59. The van der Waals surface area contributed by atoms with E-state index in [1.165, 1.54) is 26.1 Å². The van der Waals surface area contributed by atoms with E-state index in [0.29, 0.717) is 0 Å². The van der Waals surface area contributed by atoms with Crippen LogP contribution in [0.15, 0.2) is 0 Å². The molecule has 2 heterocycles. The molecule has 2 aliphatic rings. The van der Waals surface area contributed by atoms with Crippen LogP contribution in [-0.4, -0.2) is 19.6 Å². The average molecular weight is 99.2 g/mol. The Morgan fingerprint density at radius 1 is 1.57 bits per heavy atom. The van der Waals surface area contributed by atoms with Gasteiger partial charge in [-0.1, -0.05) is 0 Å². The van der Waals surface area contributed by atoms with E-state index in [0.717, 1.165) is 5.92 Å². The van der Waals surface area contributed by atoms with Crippen LogP contribution in [0.2, 0.25) is 0 Å². The molecule has 0 aliphatic carbocycles. The molecule has 0 amide bonds. The average Bonchev–Trinajstić information content (AvgIpc) is 2.22. The zero-order valence-corrected chi connectivity index (χ0v) is 4.41. The van der Waals surface area contributed by atoms with Crippen molar-refractivity contribution in [3.8, 4) is 0 Å². The molecular formula is C5H11N2+. The van der Waals surface area contributed by atoms with Crippen molar-refractivity contribution in [2.45, 2.75) is 6.42 Å². The Kier molecular flexibility index (Phi) is 0.664. The molecular weight excluding hydrogens is 88.1 g/mol. The molecule has 7 heavy (non-hydrogen) atoms. The van der Waals surface area contributed by atoms with Crippen LogP contribution in [0.4, 0.5) is 0 Å². The van der Waals surface area contributed by atoms with Crippen molar-refractivity contribution < 1.29 is 5.01 Å². The number of hydrogen-bond acceptors (Lipinski definition) is 1. The molecule has 2 bridgehead atoms. The van der Waals surface area contributed by atoms with Crippen LogP contribution < -0.4 is 10.4 Å². The molecule has 0 aromatic carbocycles. The lowest BCUT2D eigenvalue weighted by atomic mass is 10.1. The van der Waals surface area contributed by atoms with Gasteiger partial charge >= 0.3 is 0 Å². The van der Waals surface area contributed by atoms with Gasteiger partial charge in [0.15, 0.2) is 0 Å². The first-order chi connectivity index (χ1) is 3.45. The molecule has 2 rings (SSSR count). The zero-order chi connectivity index (χ0) is 4.69. The normalized spacial score (nSPS) is 48.0. The second-order valence-electron chi connectivity index (χ2n) is 2.59. The quantitative estimate of drug-likeness (QED) is 0.374. The van der Waals surface area contributed by atoms with E-state index in [1.54, 1.807) is 5.01 Å². The summed E-state index contributed by atoms with van der Waals surface area (Å²) >= 11 is 0. The number of quaternary nitrogens is 1. The van der Waals surface area contributed by atoms with E-state index < -0.39 is 0 Å². The van der Waals surface area contributed by atoms with E-state index in [1.807, 2.05) is 0 Å². The summed E-state index contributed by atoms with van der Waals surface area (Å²) in [7, 11) is 0. The molecule has 0 aromatic rings. The SMILES string of the molecule is C1C[NH+]2CC1CN2. The van der Waals surface area contributed by atoms with Gasteiger partial charge in [-0.2, -0.15) is 5.43 Å². The molecule has 2 nitrogen and oxygen atoms in total. The Morgan fingerprint density at radius 2 is 2.57 bits per heavy atom. The van der Waals surface area contributed by atoms with E-state index in [2.05, 4.69) is 5.43 Å². The van der Waals surface area contributed by atoms with Crippen molar-refractivity contribution in [3.05, 3.63) is 0 Å². The number of hydrogen-bond donors (Lipinski definition) is 2. The van der Waals surface area contributed by atoms with Crippen molar-refractivity contribution in [1.82, 2.24) is 5.43 Å². The highest BCUT2D eigenvalue weighted by molar-refractivity contribution is 4.66. The summed E-state index contributed by atoms with van der Waals surface area (Å²) in [6.45, 7) is 4.03. The van der Waals surface area contributed by atoms with Gasteiger partial charge in [0.05, 0.1) is 19.6 Å². The molecule has 0 aromatic heterocycles. The maximum atomic E-state index is 3.37. The van der Waals surface area contributed by atoms with Crippen molar-refractivity contribution >= 4 is 0 Å². The summed E-state index contributed by atoms with van der Waals surface area (Å²) in [4.78, 5) is 0. The maximum Gasteiger partial charge on any atom is 0.0991 e. The third-order valence-corrected chi connectivity index (χ3v) is 2.03. The van der Waals surface area contributed by atoms with Crippen LogP contribution in [0.25, 0.3) is 0 Å². The van der Waals surface area contributed by atoms with Crippen LogP contribution in [0.5, 0.6) is 0 Å². The third-order valence-electron chi connectivity index (χ3n) is 2.03. The summed E-state index contributed by atoms with van der Waals surface area (Å²) in [5.74, 6) is 1.02. The van der Waals surface area contributed by atoms with Gasteiger partial charge < -0.3 is 0 Å². The predicted molar refractivity (Wildman–Crippen MR) is 26.8 cm³/mol. The summed E-state index contributed by atoms with van der Waals surface area (Å²) in [6, 6.07) is 0. The zero-order valence-electron chi connectivity index (χ0n) is 4.41. The lowest BCUT2D eigenvalue weighted by molar-refractivity contribution is -0.924. The van der Waals surface area contributed by atoms with Crippen molar-refractivity contribution in [1.29, 1.82) is 0 Å². The van der Waals surface area contributed by atoms with Crippen LogP contribution >= 0.6 is 0 Å². The fraction of sp³-hybridized carbons (Fsp3) is 1.00. The summed E-state index contributed by atoms with van der Waals surface area (Å²) in [5.41, 5.74) is 3.37. The van der Waals surface area contributed by atoms with E-state index >= 15 is 0 Å². The Labute approximate surface area is 43.5 Å². The number of rotatable bonds is 0. The molecule has 2 heteroatoms. The van der Waals surface area contributed by atoms with Crippen LogP contribution in [0.3, 0.4) is 0 Å². The van der Waals surface area contributed by atoms with Gasteiger partial charge in [-0.05, 0) is 0 Å². The first kappa shape index (κ1) is 3.87. The van der Waals surface area contributed by atoms with Crippen LogP contribution in [0.1, 0.15) is 6.42 Å². The van der Waals surface area contributed by atoms with Crippen molar-refractivity contribution in [2.24, 2.45) is 5.92 Å². The number of nitrogens with one attached hydrogen (secondary N) is 2. The predicted octanol–water partition coefficient (Wildman–Crippen LogP) is -1.59. The molecule has 2 saturated heterocycles. The lowest BCUT2D eigenvalue weighted by Gasteiger charge is -2.07. The van der Waals surface area contributed by atoms with Crippen LogP contribution in [0, 0.1) is 5.92 Å². The molecule has 0 radical (unpaired) electrons. The molecule has 2 aliphatic heterocycles. The summed E-state index contributed by atoms with van der Waals surface area (Å²) in [6.07, 6.45) is 1.46. The van der Waals surface area contributed by atoms with E-state index in [4.69, 9.17) is 0 Å². The molecule has 2 atom stereocenters. The highest BCUT2D eigenvalue weighted by atomic mass is 15.5.